The number of carboxylic acid groups (broad SMARTS) is 1. The largest absolute Gasteiger partial charge is 0.494 e. The normalized spacial score (nSPS) is 12.1. The number of ether oxygens (including phenoxy) is 1. The van der Waals surface area contributed by atoms with Gasteiger partial charge in [-0.15, -0.1) is 11.8 Å². The molecular formula is C12H16O3S. The van der Waals surface area contributed by atoms with E-state index in [0.717, 1.165) is 10.6 Å². The lowest BCUT2D eigenvalue weighted by Gasteiger charge is -2.09. The fraction of sp³-hybridized carbons (Fsp3) is 0.417. The number of thioether (sulfide) groups is 1. The molecule has 0 fully saturated rings. The number of carboxylic acids is 1. The van der Waals surface area contributed by atoms with Crippen LogP contribution in [-0.4, -0.2) is 22.9 Å². The molecule has 4 heteroatoms. The third kappa shape index (κ3) is 4.57. The van der Waals surface area contributed by atoms with Gasteiger partial charge in [0.15, 0.2) is 0 Å². The van der Waals surface area contributed by atoms with E-state index < -0.39 is 5.97 Å². The van der Waals surface area contributed by atoms with Crippen LogP contribution in [0.5, 0.6) is 5.75 Å². The molecule has 0 bridgehead atoms. The molecule has 0 spiro atoms. The highest BCUT2D eigenvalue weighted by Gasteiger charge is 2.08. The van der Waals surface area contributed by atoms with Crippen molar-refractivity contribution in [1.29, 1.82) is 0 Å². The summed E-state index contributed by atoms with van der Waals surface area (Å²) in [6.07, 6.45) is 0.178. The highest BCUT2D eigenvalue weighted by atomic mass is 32.2. The van der Waals surface area contributed by atoms with E-state index in [1.165, 1.54) is 0 Å². The lowest BCUT2D eigenvalue weighted by Crippen LogP contribution is -2.05. The summed E-state index contributed by atoms with van der Waals surface area (Å²) >= 11 is 1.56. The molecule has 0 aliphatic heterocycles. The highest BCUT2D eigenvalue weighted by Crippen LogP contribution is 2.26. The quantitative estimate of drug-likeness (QED) is 0.776. The smallest absolute Gasteiger partial charge is 0.304 e. The van der Waals surface area contributed by atoms with Gasteiger partial charge in [0, 0.05) is 10.1 Å². The van der Waals surface area contributed by atoms with Gasteiger partial charge in [-0.1, -0.05) is 6.92 Å². The van der Waals surface area contributed by atoms with E-state index >= 15 is 0 Å². The van der Waals surface area contributed by atoms with Crippen molar-refractivity contribution in [2.75, 3.05) is 6.61 Å². The lowest BCUT2D eigenvalue weighted by atomic mass is 10.3. The van der Waals surface area contributed by atoms with Gasteiger partial charge in [0.2, 0.25) is 0 Å². The first kappa shape index (κ1) is 12.9. The summed E-state index contributed by atoms with van der Waals surface area (Å²) in [6, 6.07) is 7.71. The van der Waals surface area contributed by atoms with Crippen LogP contribution in [0.25, 0.3) is 0 Å². The topological polar surface area (TPSA) is 46.5 Å². The van der Waals surface area contributed by atoms with Crippen LogP contribution in [-0.2, 0) is 4.79 Å². The molecule has 0 radical (unpaired) electrons. The number of rotatable bonds is 6. The molecule has 0 saturated carbocycles. The number of aliphatic carboxylic acids is 1. The Kier molecular flexibility index (Phi) is 5.19. The molecule has 1 unspecified atom stereocenters. The Morgan fingerprint density at radius 1 is 1.44 bits per heavy atom. The summed E-state index contributed by atoms with van der Waals surface area (Å²) in [7, 11) is 0. The molecule has 0 aliphatic carbocycles. The van der Waals surface area contributed by atoms with E-state index in [2.05, 4.69) is 0 Å². The van der Waals surface area contributed by atoms with Crippen molar-refractivity contribution in [3.8, 4) is 5.75 Å². The zero-order valence-corrected chi connectivity index (χ0v) is 10.3. The Hall–Kier alpha value is -1.16. The van der Waals surface area contributed by atoms with Gasteiger partial charge in [-0.05, 0) is 31.2 Å². The van der Waals surface area contributed by atoms with E-state index in [9.17, 15) is 4.79 Å². The van der Waals surface area contributed by atoms with Gasteiger partial charge in [0.1, 0.15) is 5.75 Å². The third-order valence-corrected chi connectivity index (χ3v) is 3.05. The highest BCUT2D eigenvalue weighted by molar-refractivity contribution is 8.00. The predicted octanol–water partition coefficient (Wildman–Crippen LogP) is 3.04. The SMILES string of the molecule is CCOc1ccc(SC(C)CC(=O)O)cc1. The second-order valence-electron chi connectivity index (χ2n) is 3.43. The van der Waals surface area contributed by atoms with E-state index in [4.69, 9.17) is 9.84 Å². The maximum atomic E-state index is 10.5. The molecular weight excluding hydrogens is 224 g/mol. The second-order valence-corrected chi connectivity index (χ2v) is 4.94. The number of benzene rings is 1. The van der Waals surface area contributed by atoms with Crippen LogP contribution in [0.2, 0.25) is 0 Å². The second kappa shape index (κ2) is 6.43. The number of carbonyl (C=O) groups is 1. The summed E-state index contributed by atoms with van der Waals surface area (Å²) in [5.74, 6) is 0.0867. The summed E-state index contributed by atoms with van der Waals surface area (Å²) in [6.45, 7) is 4.51. The molecule has 1 rings (SSSR count). The van der Waals surface area contributed by atoms with Crippen LogP contribution in [0.4, 0.5) is 0 Å². The first-order valence-electron chi connectivity index (χ1n) is 5.23. The van der Waals surface area contributed by atoms with Crippen molar-refractivity contribution < 1.29 is 14.6 Å². The molecule has 1 aromatic rings. The van der Waals surface area contributed by atoms with Crippen LogP contribution < -0.4 is 4.74 Å². The van der Waals surface area contributed by atoms with Crippen molar-refractivity contribution in [3.63, 3.8) is 0 Å². The minimum absolute atomic E-state index is 0.0791. The summed E-state index contributed by atoms with van der Waals surface area (Å²) in [4.78, 5) is 11.6. The van der Waals surface area contributed by atoms with Gasteiger partial charge < -0.3 is 9.84 Å². The standard InChI is InChI=1S/C12H16O3S/c1-3-15-10-4-6-11(7-5-10)16-9(2)8-12(13)14/h4-7,9H,3,8H2,1-2H3,(H,13,14). The third-order valence-electron chi connectivity index (χ3n) is 1.93. The maximum absolute atomic E-state index is 10.5. The molecule has 88 valence electrons. The zero-order valence-electron chi connectivity index (χ0n) is 9.47. The summed E-state index contributed by atoms with van der Waals surface area (Å²) in [5.41, 5.74) is 0. The first-order valence-corrected chi connectivity index (χ1v) is 6.11. The summed E-state index contributed by atoms with van der Waals surface area (Å²) < 4.78 is 5.33. The van der Waals surface area contributed by atoms with E-state index in [0.29, 0.717) is 6.61 Å². The molecule has 0 heterocycles. The number of hydrogen-bond donors (Lipinski definition) is 1. The molecule has 1 atom stereocenters. The Labute approximate surface area is 99.8 Å². The molecule has 1 aromatic carbocycles. The Morgan fingerprint density at radius 2 is 2.06 bits per heavy atom. The predicted molar refractivity (Wildman–Crippen MR) is 65.2 cm³/mol. The van der Waals surface area contributed by atoms with E-state index in [1.807, 2.05) is 38.1 Å². The van der Waals surface area contributed by atoms with Crippen molar-refractivity contribution >= 4 is 17.7 Å². The van der Waals surface area contributed by atoms with Gasteiger partial charge in [0.25, 0.3) is 0 Å². The van der Waals surface area contributed by atoms with Crippen LogP contribution in [0.3, 0.4) is 0 Å². The van der Waals surface area contributed by atoms with Crippen molar-refractivity contribution in [2.45, 2.75) is 30.4 Å². The monoisotopic (exact) mass is 240 g/mol. The van der Waals surface area contributed by atoms with Crippen molar-refractivity contribution in [2.24, 2.45) is 0 Å². The van der Waals surface area contributed by atoms with E-state index in [1.54, 1.807) is 11.8 Å². The van der Waals surface area contributed by atoms with Gasteiger partial charge in [-0.25, -0.2) is 0 Å². The van der Waals surface area contributed by atoms with Gasteiger partial charge in [-0.3, -0.25) is 4.79 Å². The van der Waals surface area contributed by atoms with Crippen molar-refractivity contribution in [1.82, 2.24) is 0 Å². The van der Waals surface area contributed by atoms with Crippen LogP contribution in [0.15, 0.2) is 29.2 Å². The average Bonchev–Trinajstić information content (AvgIpc) is 2.20. The first-order chi connectivity index (χ1) is 7.61. The average molecular weight is 240 g/mol. The summed E-state index contributed by atoms with van der Waals surface area (Å²) in [5, 5.41) is 8.72. The molecule has 3 nitrogen and oxygen atoms in total. The lowest BCUT2D eigenvalue weighted by molar-refractivity contribution is -0.136. The minimum Gasteiger partial charge on any atom is -0.494 e. The Bertz CT molecular complexity index is 335. The molecule has 0 amide bonds. The number of hydrogen-bond acceptors (Lipinski definition) is 3. The molecule has 0 aliphatic rings. The van der Waals surface area contributed by atoms with Crippen molar-refractivity contribution in [3.05, 3.63) is 24.3 Å². The molecule has 0 aromatic heterocycles. The zero-order chi connectivity index (χ0) is 12.0. The molecule has 16 heavy (non-hydrogen) atoms. The maximum Gasteiger partial charge on any atom is 0.304 e. The molecule has 1 N–H and O–H groups in total. The fourth-order valence-corrected chi connectivity index (χ4v) is 2.28. The van der Waals surface area contributed by atoms with Gasteiger partial charge in [0.05, 0.1) is 13.0 Å². The van der Waals surface area contributed by atoms with Crippen LogP contribution in [0, 0.1) is 0 Å². The van der Waals surface area contributed by atoms with Gasteiger partial charge >= 0.3 is 5.97 Å². The molecule has 0 saturated heterocycles. The Morgan fingerprint density at radius 3 is 2.56 bits per heavy atom. The van der Waals surface area contributed by atoms with Crippen LogP contribution >= 0.6 is 11.8 Å². The van der Waals surface area contributed by atoms with Gasteiger partial charge in [-0.2, -0.15) is 0 Å². The minimum atomic E-state index is -0.758. The van der Waals surface area contributed by atoms with Crippen LogP contribution in [0.1, 0.15) is 20.3 Å². The van der Waals surface area contributed by atoms with E-state index in [-0.39, 0.29) is 11.7 Å². The Balaban J connectivity index is 2.51. The fourth-order valence-electron chi connectivity index (χ4n) is 1.30.